The lowest BCUT2D eigenvalue weighted by atomic mass is 9.96. The van der Waals surface area contributed by atoms with Crippen LogP contribution < -0.4 is 15.4 Å². The molecule has 0 aromatic heterocycles. The molecule has 1 aromatic rings. The number of hydrogen-bond acceptors (Lipinski definition) is 7. The predicted octanol–water partition coefficient (Wildman–Crippen LogP) is 3.53. The van der Waals surface area contributed by atoms with Crippen molar-refractivity contribution in [3.63, 3.8) is 0 Å². The summed E-state index contributed by atoms with van der Waals surface area (Å²) in [4.78, 5) is 48.9. The number of carbonyl (C=O) groups is 3. The molecule has 1 aromatic carbocycles. The highest BCUT2D eigenvalue weighted by molar-refractivity contribution is 6.05. The molecule has 2 aliphatic heterocycles. The first-order valence-electron chi connectivity index (χ1n) is 13.4. The van der Waals surface area contributed by atoms with Gasteiger partial charge in [0.2, 0.25) is 0 Å². The van der Waals surface area contributed by atoms with Crippen molar-refractivity contribution in [3.8, 4) is 5.75 Å². The molecule has 0 bridgehead atoms. The number of hydrogen-bond donors (Lipinski definition) is 1. The van der Waals surface area contributed by atoms with Gasteiger partial charge in [0.05, 0.1) is 17.6 Å². The number of hydroxylamine groups is 2. The zero-order valence-electron chi connectivity index (χ0n) is 23.7. The summed E-state index contributed by atoms with van der Waals surface area (Å²) in [6.45, 7) is 16.7. The van der Waals surface area contributed by atoms with E-state index in [0.29, 0.717) is 49.6 Å². The van der Waals surface area contributed by atoms with Crippen LogP contribution in [0.2, 0.25) is 0 Å². The van der Waals surface area contributed by atoms with Crippen LogP contribution in [0.3, 0.4) is 0 Å². The fourth-order valence-electron chi connectivity index (χ4n) is 4.94. The van der Waals surface area contributed by atoms with Crippen molar-refractivity contribution in [3.05, 3.63) is 23.3 Å². The molecular weight excluding hydrogens is 472 g/mol. The van der Waals surface area contributed by atoms with Crippen molar-refractivity contribution in [2.24, 2.45) is 11.1 Å². The molecule has 1 atom stereocenters. The molecule has 9 nitrogen and oxygen atoms in total. The van der Waals surface area contributed by atoms with Gasteiger partial charge in [-0.15, -0.1) is 5.06 Å². The second-order valence-electron chi connectivity index (χ2n) is 11.8. The van der Waals surface area contributed by atoms with E-state index >= 15 is 0 Å². The van der Waals surface area contributed by atoms with Gasteiger partial charge in [-0.2, -0.15) is 0 Å². The molecule has 1 saturated heterocycles. The van der Waals surface area contributed by atoms with Crippen molar-refractivity contribution < 1.29 is 24.0 Å². The van der Waals surface area contributed by atoms with Crippen molar-refractivity contribution in [2.45, 2.75) is 92.3 Å². The fraction of sp³-hybridized carbons (Fsp3) is 0.679. The minimum Gasteiger partial charge on any atom is -0.476 e. The van der Waals surface area contributed by atoms with Gasteiger partial charge in [-0.05, 0) is 85.4 Å². The van der Waals surface area contributed by atoms with Crippen LogP contribution in [0, 0.1) is 5.41 Å². The average molecular weight is 517 g/mol. The Balaban J connectivity index is 1.96. The summed E-state index contributed by atoms with van der Waals surface area (Å²) in [5.41, 5.74) is 6.19. The van der Waals surface area contributed by atoms with Crippen LogP contribution in [0.25, 0.3) is 0 Å². The second kappa shape index (κ2) is 11.0. The average Bonchev–Trinajstić information content (AvgIpc) is 2.80. The number of piperidine rings is 1. The number of carbonyl (C=O) groups excluding carboxylic acids is 3. The lowest BCUT2D eigenvalue weighted by Gasteiger charge is -2.42. The quantitative estimate of drug-likeness (QED) is 0.591. The number of nitrogens with zero attached hydrogens (tertiary/aromatic N) is 3. The van der Waals surface area contributed by atoms with E-state index in [9.17, 15) is 14.4 Å². The summed E-state index contributed by atoms with van der Waals surface area (Å²) in [6.07, 6.45) is 2.26. The van der Waals surface area contributed by atoms with E-state index in [1.165, 1.54) is 0 Å². The minimum absolute atomic E-state index is 0.0755. The van der Waals surface area contributed by atoms with Crippen LogP contribution in [0.5, 0.6) is 5.75 Å². The molecule has 37 heavy (non-hydrogen) atoms. The number of aryl methyl sites for hydroxylation is 1. The maximum absolute atomic E-state index is 14.1. The number of fused-ring (bicyclic) bond motifs is 1. The van der Waals surface area contributed by atoms with Crippen LogP contribution in [0.15, 0.2) is 12.1 Å². The van der Waals surface area contributed by atoms with Gasteiger partial charge in [-0.3, -0.25) is 9.59 Å². The van der Waals surface area contributed by atoms with Crippen molar-refractivity contribution in [1.82, 2.24) is 9.96 Å². The Bertz CT molecular complexity index is 1030. The summed E-state index contributed by atoms with van der Waals surface area (Å²) >= 11 is 0. The highest BCUT2D eigenvalue weighted by Gasteiger charge is 2.42. The molecule has 3 rings (SSSR count). The molecule has 2 aliphatic rings. The Morgan fingerprint density at radius 2 is 1.95 bits per heavy atom. The summed E-state index contributed by atoms with van der Waals surface area (Å²) in [5, 5.41) is 1.69. The Morgan fingerprint density at radius 3 is 2.51 bits per heavy atom. The summed E-state index contributed by atoms with van der Waals surface area (Å²) in [5.74, 6) is 0.0117. The number of amides is 2. The first-order chi connectivity index (χ1) is 17.2. The zero-order valence-corrected chi connectivity index (χ0v) is 23.7. The predicted molar refractivity (Wildman–Crippen MR) is 143 cm³/mol. The maximum Gasteiger partial charge on any atom is 0.330 e. The standard InChI is InChI=1S/C28H44N4O5/c1-9-19-15-23-22(31(14-12-29)25(34)28(7,8)36-23)16-21(19)24(33)32(18(2)3)20-11-10-13-30(17-20)37-26(35)27(4,5)6/h15-16,18,20H,9-14,17,29H2,1-8H3/t20-/m1/s1. The third-order valence-electron chi connectivity index (χ3n) is 6.93. The van der Waals surface area contributed by atoms with Gasteiger partial charge in [-0.1, -0.05) is 6.92 Å². The first-order valence-corrected chi connectivity index (χ1v) is 13.4. The Hall–Kier alpha value is -2.65. The summed E-state index contributed by atoms with van der Waals surface area (Å²) in [7, 11) is 0. The van der Waals surface area contributed by atoms with Gasteiger partial charge in [0.15, 0.2) is 5.60 Å². The van der Waals surface area contributed by atoms with Gasteiger partial charge >= 0.3 is 5.97 Å². The fourth-order valence-corrected chi connectivity index (χ4v) is 4.94. The van der Waals surface area contributed by atoms with Crippen LogP contribution >= 0.6 is 0 Å². The number of benzene rings is 1. The van der Waals surface area contributed by atoms with E-state index in [1.807, 2.05) is 52.5 Å². The summed E-state index contributed by atoms with van der Waals surface area (Å²) < 4.78 is 6.08. The number of nitrogens with two attached hydrogens (primary N) is 1. The van der Waals surface area contributed by atoms with E-state index in [1.54, 1.807) is 29.9 Å². The Morgan fingerprint density at radius 1 is 1.27 bits per heavy atom. The normalized spacial score (nSPS) is 19.9. The number of rotatable bonds is 7. The van der Waals surface area contributed by atoms with Crippen LogP contribution in [-0.2, 0) is 20.8 Å². The van der Waals surface area contributed by atoms with E-state index in [4.69, 9.17) is 15.3 Å². The van der Waals surface area contributed by atoms with Crippen LogP contribution in [0.4, 0.5) is 5.69 Å². The third kappa shape index (κ3) is 6.09. The number of anilines is 1. The Kier molecular flexibility index (Phi) is 8.59. The van der Waals surface area contributed by atoms with Gasteiger partial charge < -0.3 is 25.1 Å². The highest BCUT2D eigenvalue weighted by Crippen LogP contribution is 2.40. The lowest BCUT2D eigenvalue weighted by Crippen LogP contribution is -2.54. The molecule has 2 N–H and O–H groups in total. The van der Waals surface area contributed by atoms with Crippen LogP contribution in [0.1, 0.15) is 84.2 Å². The van der Waals surface area contributed by atoms with E-state index in [0.717, 1.165) is 18.4 Å². The maximum atomic E-state index is 14.1. The molecule has 0 radical (unpaired) electrons. The molecule has 2 amide bonds. The monoisotopic (exact) mass is 516 g/mol. The molecule has 1 fully saturated rings. The number of ether oxygens (including phenoxy) is 1. The molecule has 0 aliphatic carbocycles. The largest absolute Gasteiger partial charge is 0.476 e. The lowest BCUT2D eigenvalue weighted by molar-refractivity contribution is -0.208. The second-order valence-corrected chi connectivity index (χ2v) is 11.8. The van der Waals surface area contributed by atoms with Crippen molar-refractivity contribution in [1.29, 1.82) is 0 Å². The molecule has 2 heterocycles. The zero-order chi connectivity index (χ0) is 27.7. The van der Waals surface area contributed by atoms with Gasteiger partial charge in [0.1, 0.15) is 5.75 Å². The minimum atomic E-state index is -1.02. The molecule has 0 saturated carbocycles. The van der Waals surface area contributed by atoms with Crippen molar-refractivity contribution >= 4 is 23.5 Å². The molecule has 206 valence electrons. The van der Waals surface area contributed by atoms with E-state index < -0.39 is 11.0 Å². The summed E-state index contributed by atoms with van der Waals surface area (Å²) in [6, 6.07) is 3.48. The smallest absolute Gasteiger partial charge is 0.330 e. The highest BCUT2D eigenvalue weighted by atomic mass is 16.7. The van der Waals surface area contributed by atoms with Gasteiger partial charge in [0, 0.05) is 37.3 Å². The topological polar surface area (TPSA) is 105 Å². The molecule has 0 spiro atoms. The SMILES string of the molecule is CCc1cc2c(cc1C(=O)N(C(C)C)[C@@H]1CCCN(OC(=O)C(C)(C)C)C1)N(CCN)C(=O)C(C)(C)O2. The van der Waals surface area contributed by atoms with Crippen molar-refractivity contribution in [2.75, 3.05) is 31.1 Å². The van der Waals surface area contributed by atoms with Crippen LogP contribution in [-0.4, -0.2) is 71.6 Å². The van der Waals surface area contributed by atoms with E-state index in [2.05, 4.69) is 0 Å². The first kappa shape index (κ1) is 28.9. The Labute approximate surface area is 221 Å². The van der Waals surface area contributed by atoms with Gasteiger partial charge in [-0.25, -0.2) is 4.79 Å². The third-order valence-corrected chi connectivity index (χ3v) is 6.93. The van der Waals surface area contributed by atoms with Gasteiger partial charge in [0.25, 0.3) is 11.8 Å². The molecule has 9 heteroatoms. The molecular formula is C28H44N4O5. The van der Waals surface area contributed by atoms with E-state index in [-0.39, 0.29) is 29.9 Å². The molecule has 0 unspecified atom stereocenters.